The van der Waals surface area contributed by atoms with Gasteiger partial charge >= 0.3 is 0 Å². The maximum Gasteiger partial charge on any atom is 0.224 e. The number of amides is 1. The second kappa shape index (κ2) is 8.00. The van der Waals surface area contributed by atoms with Crippen LogP contribution in [-0.4, -0.2) is 10.9 Å². The van der Waals surface area contributed by atoms with E-state index in [1.54, 1.807) is 6.20 Å². The van der Waals surface area contributed by atoms with Crippen molar-refractivity contribution in [3.05, 3.63) is 71.2 Å². The average Bonchev–Trinajstić information content (AvgIpc) is 3.11. The van der Waals surface area contributed by atoms with Gasteiger partial charge in [0.15, 0.2) is 11.7 Å². The van der Waals surface area contributed by atoms with Crippen molar-refractivity contribution >= 4 is 11.6 Å². The minimum absolute atomic E-state index is 0.0240. The summed E-state index contributed by atoms with van der Waals surface area (Å²) in [6, 6.07) is 14.2. The fourth-order valence-electron chi connectivity index (χ4n) is 2.90. The van der Waals surface area contributed by atoms with E-state index < -0.39 is 0 Å². The highest BCUT2D eigenvalue weighted by atomic mass is 16.4. The first-order chi connectivity index (χ1) is 12.6. The second-order valence-electron chi connectivity index (χ2n) is 6.50. The smallest absolute Gasteiger partial charge is 0.224 e. The zero-order chi connectivity index (χ0) is 18.5. The third kappa shape index (κ3) is 4.20. The number of carbonyl (C=O) groups is 1. The predicted octanol–water partition coefficient (Wildman–Crippen LogP) is 5.09. The Morgan fingerprint density at radius 3 is 2.62 bits per heavy atom. The summed E-state index contributed by atoms with van der Waals surface area (Å²) in [5, 5.41) is 3.04. The lowest BCUT2D eigenvalue weighted by Gasteiger charge is -2.12. The van der Waals surface area contributed by atoms with Crippen LogP contribution in [0.25, 0.3) is 11.3 Å². The molecule has 0 fully saturated rings. The Morgan fingerprint density at radius 1 is 1.12 bits per heavy atom. The molecule has 3 rings (SSSR count). The molecule has 0 saturated carbocycles. The third-order valence-corrected chi connectivity index (χ3v) is 4.46. The van der Waals surface area contributed by atoms with Crippen LogP contribution in [0, 0.1) is 13.8 Å². The Kier molecular flexibility index (Phi) is 5.52. The van der Waals surface area contributed by atoms with Crippen LogP contribution in [0.1, 0.15) is 35.9 Å². The number of aromatic nitrogens is 1. The topological polar surface area (TPSA) is 55.1 Å². The molecule has 0 bridgehead atoms. The van der Waals surface area contributed by atoms with E-state index in [2.05, 4.69) is 17.2 Å². The van der Waals surface area contributed by atoms with Crippen molar-refractivity contribution in [2.24, 2.45) is 0 Å². The summed E-state index contributed by atoms with van der Waals surface area (Å²) in [5.74, 6) is 1.29. The van der Waals surface area contributed by atoms with E-state index in [0.29, 0.717) is 18.7 Å². The molecule has 4 nitrogen and oxygen atoms in total. The van der Waals surface area contributed by atoms with Gasteiger partial charge in [0.05, 0.1) is 6.20 Å². The summed E-state index contributed by atoms with van der Waals surface area (Å²) >= 11 is 0. The van der Waals surface area contributed by atoms with Crippen LogP contribution < -0.4 is 5.32 Å². The fourth-order valence-corrected chi connectivity index (χ4v) is 2.90. The molecule has 26 heavy (non-hydrogen) atoms. The van der Waals surface area contributed by atoms with Crippen molar-refractivity contribution in [3.63, 3.8) is 0 Å². The monoisotopic (exact) mass is 348 g/mol. The molecule has 0 aliphatic heterocycles. The van der Waals surface area contributed by atoms with Crippen LogP contribution in [0.4, 0.5) is 5.69 Å². The number of aryl methyl sites for hydroxylation is 4. The van der Waals surface area contributed by atoms with Gasteiger partial charge in [-0.05, 0) is 31.4 Å². The molecule has 0 spiro atoms. The lowest BCUT2D eigenvalue weighted by atomic mass is 10.1. The first-order valence-electron chi connectivity index (χ1n) is 8.97. The number of nitrogens with zero attached hydrogens (tertiary/aromatic N) is 1. The minimum Gasteiger partial charge on any atom is -0.441 e. The molecule has 1 heterocycles. The van der Waals surface area contributed by atoms with Crippen LogP contribution in [0.3, 0.4) is 0 Å². The molecule has 3 aromatic rings. The number of nitrogens with one attached hydrogen (secondary N) is 1. The van der Waals surface area contributed by atoms with Crippen LogP contribution in [0.2, 0.25) is 0 Å². The van der Waals surface area contributed by atoms with Crippen molar-refractivity contribution in [3.8, 4) is 11.3 Å². The van der Waals surface area contributed by atoms with Gasteiger partial charge in [-0.2, -0.15) is 0 Å². The Balaban J connectivity index is 1.61. The van der Waals surface area contributed by atoms with Gasteiger partial charge in [0.2, 0.25) is 5.91 Å². The highest BCUT2D eigenvalue weighted by Crippen LogP contribution is 2.23. The van der Waals surface area contributed by atoms with Crippen LogP contribution >= 0.6 is 0 Å². The van der Waals surface area contributed by atoms with Gasteiger partial charge in [0.25, 0.3) is 0 Å². The first-order valence-corrected chi connectivity index (χ1v) is 8.97. The molecular weight excluding hydrogens is 324 g/mol. The number of oxazole rings is 1. The van der Waals surface area contributed by atoms with Crippen molar-refractivity contribution in [1.29, 1.82) is 0 Å². The Morgan fingerprint density at radius 2 is 1.88 bits per heavy atom. The molecular formula is C22H24N2O2. The summed E-state index contributed by atoms with van der Waals surface area (Å²) in [5.41, 5.74) is 5.35. The van der Waals surface area contributed by atoms with E-state index in [1.807, 2.05) is 56.3 Å². The van der Waals surface area contributed by atoms with E-state index >= 15 is 0 Å². The summed E-state index contributed by atoms with van der Waals surface area (Å²) in [6.45, 7) is 6.15. The molecule has 134 valence electrons. The maximum atomic E-state index is 12.3. The van der Waals surface area contributed by atoms with Crippen molar-refractivity contribution in [2.45, 2.75) is 40.0 Å². The van der Waals surface area contributed by atoms with E-state index in [1.165, 1.54) is 5.56 Å². The van der Waals surface area contributed by atoms with Gasteiger partial charge in [-0.1, -0.05) is 55.0 Å². The highest BCUT2D eigenvalue weighted by molar-refractivity contribution is 5.92. The first kappa shape index (κ1) is 17.9. The lowest BCUT2D eigenvalue weighted by molar-refractivity contribution is -0.116. The van der Waals surface area contributed by atoms with Crippen LogP contribution in [-0.2, 0) is 17.6 Å². The molecule has 1 N–H and O–H groups in total. The van der Waals surface area contributed by atoms with E-state index in [-0.39, 0.29) is 5.91 Å². The Bertz CT molecular complexity index is 895. The number of rotatable bonds is 6. The molecule has 0 aliphatic rings. The number of benzene rings is 2. The second-order valence-corrected chi connectivity index (χ2v) is 6.50. The van der Waals surface area contributed by atoms with Crippen molar-refractivity contribution in [2.75, 3.05) is 5.32 Å². The number of anilines is 1. The molecule has 0 atom stereocenters. The van der Waals surface area contributed by atoms with E-state index in [4.69, 9.17) is 4.42 Å². The normalized spacial score (nSPS) is 10.7. The number of hydrogen-bond acceptors (Lipinski definition) is 3. The van der Waals surface area contributed by atoms with Gasteiger partial charge in [-0.15, -0.1) is 0 Å². The zero-order valence-electron chi connectivity index (χ0n) is 15.5. The standard InChI is InChI=1S/C22H24N2O2/c1-4-17-7-5-6-16(3)22(17)24-20(25)12-13-21-23-14-19(26-21)18-10-8-15(2)9-11-18/h5-11,14H,4,12-13H2,1-3H3,(H,24,25). The molecule has 4 heteroatoms. The van der Waals surface area contributed by atoms with Crippen molar-refractivity contribution in [1.82, 2.24) is 4.98 Å². The lowest BCUT2D eigenvalue weighted by Crippen LogP contribution is -2.14. The Labute approximate surface area is 154 Å². The average molecular weight is 348 g/mol. The summed E-state index contributed by atoms with van der Waals surface area (Å²) in [4.78, 5) is 16.6. The van der Waals surface area contributed by atoms with Gasteiger partial charge < -0.3 is 9.73 Å². The molecule has 1 aromatic heterocycles. The molecule has 0 aliphatic carbocycles. The predicted molar refractivity (Wildman–Crippen MR) is 104 cm³/mol. The number of carbonyl (C=O) groups excluding carboxylic acids is 1. The van der Waals surface area contributed by atoms with Gasteiger partial charge in [0.1, 0.15) is 0 Å². The van der Waals surface area contributed by atoms with E-state index in [9.17, 15) is 4.79 Å². The van der Waals surface area contributed by atoms with Crippen molar-refractivity contribution < 1.29 is 9.21 Å². The SMILES string of the molecule is CCc1cccc(C)c1NC(=O)CCc1ncc(-c2ccc(C)cc2)o1. The molecule has 0 saturated heterocycles. The fraction of sp³-hybridized carbons (Fsp3) is 0.273. The quantitative estimate of drug-likeness (QED) is 0.675. The molecule has 0 unspecified atom stereocenters. The number of para-hydroxylation sites is 1. The molecule has 1 amide bonds. The summed E-state index contributed by atoms with van der Waals surface area (Å²) < 4.78 is 5.79. The zero-order valence-corrected chi connectivity index (χ0v) is 15.5. The third-order valence-electron chi connectivity index (χ3n) is 4.46. The molecule has 2 aromatic carbocycles. The maximum absolute atomic E-state index is 12.3. The largest absolute Gasteiger partial charge is 0.441 e. The van der Waals surface area contributed by atoms with Gasteiger partial charge in [0, 0.05) is 24.1 Å². The molecule has 0 radical (unpaired) electrons. The summed E-state index contributed by atoms with van der Waals surface area (Å²) in [6.07, 6.45) is 3.42. The van der Waals surface area contributed by atoms with Crippen LogP contribution in [0.5, 0.6) is 0 Å². The van der Waals surface area contributed by atoms with Gasteiger partial charge in [-0.3, -0.25) is 4.79 Å². The Hall–Kier alpha value is -2.88. The summed E-state index contributed by atoms with van der Waals surface area (Å²) in [7, 11) is 0. The van der Waals surface area contributed by atoms with Gasteiger partial charge in [-0.25, -0.2) is 4.98 Å². The highest BCUT2D eigenvalue weighted by Gasteiger charge is 2.11. The van der Waals surface area contributed by atoms with Crippen LogP contribution in [0.15, 0.2) is 53.1 Å². The minimum atomic E-state index is -0.0240. The van der Waals surface area contributed by atoms with E-state index in [0.717, 1.165) is 34.6 Å². The number of hydrogen-bond donors (Lipinski definition) is 1.